The molecule has 6 nitrogen and oxygen atoms in total. The fourth-order valence-corrected chi connectivity index (χ4v) is 2.40. The molecule has 1 aliphatic rings. The van der Waals surface area contributed by atoms with Crippen LogP contribution in [0.2, 0.25) is 0 Å². The van der Waals surface area contributed by atoms with Crippen molar-refractivity contribution in [2.45, 2.75) is 25.5 Å². The van der Waals surface area contributed by atoms with Gasteiger partial charge in [-0.15, -0.1) is 0 Å². The maximum Gasteiger partial charge on any atom is 0.347 e. The van der Waals surface area contributed by atoms with Crippen LogP contribution in [0.25, 0.3) is 5.69 Å². The Labute approximate surface area is 110 Å². The van der Waals surface area contributed by atoms with Crippen molar-refractivity contribution in [3.8, 4) is 5.69 Å². The van der Waals surface area contributed by atoms with Gasteiger partial charge in [-0.05, 0) is 25.5 Å². The van der Waals surface area contributed by atoms with Gasteiger partial charge in [0.1, 0.15) is 0 Å². The van der Waals surface area contributed by atoms with E-state index in [2.05, 4.69) is 15.5 Å². The van der Waals surface area contributed by atoms with E-state index in [0.717, 1.165) is 11.3 Å². The molecule has 1 saturated heterocycles. The van der Waals surface area contributed by atoms with E-state index in [0.29, 0.717) is 18.8 Å². The molecule has 1 aliphatic heterocycles. The highest BCUT2D eigenvalue weighted by atomic mass is 16.3. The van der Waals surface area contributed by atoms with Gasteiger partial charge >= 0.3 is 5.69 Å². The van der Waals surface area contributed by atoms with Crippen LogP contribution in [0.1, 0.15) is 23.9 Å². The number of nitrogens with zero attached hydrogens (tertiary/aromatic N) is 2. The van der Waals surface area contributed by atoms with Gasteiger partial charge in [0.15, 0.2) is 5.82 Å². The fourth-order valence-electron chi connectivity index (χ4n) is 2.40. The van der Waals surface area contributed by atoms with Crippen molar-refractivity contribution in [2.24, 2.45) is 0 Å². The first-order valence-corrected chi connectivity index (χ1v) is 6.31. The summed E-state index contributed by atoms with van der Waals surface area (Å²) >= 11 is 0. The number of hydrogen-bond acceptors (Lipinski definition) is 4. The summed E-state index contributed by atoms with van der Waals surface area (Å²) in [6.45, 7) is 2.53. The molecule has 3 N–H and O–H groups in total. The molecule has 2 heterocycles. The van der Waals surface area contributed by atoms with Crippen LogP contribution in [0.15, 0.2) is 29.1 Å². The summed E-state index contributed by atoms with van der Waals surface area (Å²) in [5, 5.41) is 19.3. The lowest BCUT2D eigenvalue weighted by molar-refractivity contribution is 0.193. The zero-order valence-electron chi connectivity index (χ0n) is 10.6. The van der Waals surface area contributed by atoms with Gasteiger partial charge in [0.25, 0.3) is 0 Å². The second kappa shape index (κ2) is 4.64. The SMILES string of the molecule is Cc1ccc(-n2c([C@@H]3C[C@@H](O)CN3)n[nH]c2=O)cc1. The van der Waals surface area contributed by atoms with E-state index >= 15 is 0 Å². The highest BCUT2D eigenvalue weighted by Crippen LogP contribution is 2.22. The number of aliphatic hydroxyl groups excluding tert-OH is 1. The quantitative estimate of drug-likeness (QED) is 0.723. The minimum Gasteiger partial charge on any atom is -0.392 e. The van der Waals surface area contributed by atoms with Crippen LogP contribution < -0.4 is 11.0 Å². The summed E-state index contributed by atoms with van der Waals surface area (Å²) in [6.07, 6.45) is 0.180. The normalized spacial score (nSPS) is 22.8. The molecule has 0 spiro atoms. The van der Waals surface area contributed by atoms with Crippen LogP contribution in [0.5, 0.6) is 0 Å². The monoisotopic (exact) mass is 260 g/mol. The highest BCUT2D eigenvalue weighted by Gasteiger charge is 2.28. The third kappa shape index (κ3) is 2.20. The van der Waals surface area contributed by atoms with Crippen LogP contribution in [0.4, 0.5) is 0 Å². The minimum absolute atomic E-state index is 0.102. The second-order valence-corrected chi connectivity index (χ2v) is 4.91. The van der Waals surface area contributed by atoms with Crippen molar-refractivity contribution in [1.29, 1.82) is 0 Å². The van der Waals surface area contributed by atoms with Gasteiger partial charge in [-0.3, -0.25) is 0 Å². The van der Waals surface area contributed by atoms with E-state index in [1.807, 2.05) is 31.2 Å². The summed E-state index contributed by atoms with van der Waals surface area (Å²) in [5.74, 6) is 0.616. The Morgan fingerprint density at radius 1 is 1.37 bits per heavy atom. The Kier molecular flexibility index (Phi) is 2.96. The number of β-amino-alcohol motifs (C(OH)–C–C–N with tert-alkyl or cyclic N) is 1. The number of aryl methyl sites for hydroxylation is 1. The molecular weight excluding hydrogens is 244 g/mol. The first kappa shape index (κ1) is 12.1. The van der Waals surface area contributed by atoms with Crippen molar-refractivity contribution in [1.82, 2.24) is 20.1 Å². The largest absolute Gasteiger partial charge is 0.392 e. The van der Waals surface area contributed by atoms with Crippen LogP contribution >= 0.6 is 0 Å². The first-order chi connectivity index (χ1) is 9.15. The molecule has 0 unspecified atom stereocenters. The second-order valence-electron chi connectivity index (χ2n) is 4.91. The molecule has 19 heavy (non-hydrogen) atoms. The van der Waals surface area contributed by atoms with Gasteiger partial charge in [-0.2, -0.15) is 5.10 Å². The predicted octanol–water partition coefficient (Wildman–Crippen LogP) is 0.264. The fraction of sp³-hybridized carbons (Fsp3) is 0.385. The summed E-state index contributed by atoms with van der Waals surface area (Å²) < 4.78 is 1.55. The number of benzene rings is 1. The highest BCUT2D eigenvalue weighted by molar-refractivity contribution is 5.35. The summed E-state index contributed by atoms with van der Waals surface area (Å²) in [5.41, 5.74) is 1.65. The molecule has 1 aromatic carbocycles. The average molecular weight is 260 g/mol. The number of aromatic amines is 1. The standard InChI is InChI=1S/C13H16N4O2/c1-8-2-4-9(5-3-8)17-12(15-16-13(17)19)11-6-10(18)7-14-11/h2-5,10-11,14,18H,6-7H2,1H3,(H,16,19)/t10-,11+/m1/s1. The number of nitrogens with one attached hydrogen (secondary N) is 2. The van der Waals surface area contributed by atoms with Gasteiger partial charge in [-0.25, -0.2) is 14.5 Å². The Hall–Kier alpha value is -1.92. The van der Waals surface area contributed by atoms with Crippen molar-refractivity contribution in [2.75, 3.05) is 6.54 Å². The number of aromatic nitrogens is 3. The van der Waals surface area contributed by atoms with E-state index in [-0.39, 0.29) is 17.8 Å². The van der Waals surface area contributed by atoms with Crippen LogP contribution in [-0.4, -0.2) is 32.5 Å². The van der Waals surface area contributed by atoms with E-state index in [9.17, 15) is 9.90 Å². The van der Waals surface area contributed by atoms with E-state index < -0.39 is 0 Å². The zero-order valence-corrected chi connectivity index (χ0v) is 10.6. The van der Waals surface area contributed by atoms with E-state index in [1.54, 1.807) is 4.57 Å². The van der Waals surface area contributed by atoms with Crippen molar-refractivity contribution < 1.29 is 5.11 Å². The number of rotatable bonds is 2. The predicted molar refractivity (Wildman–Crippen MR) is 70.3 cm³/mol. The third-order valence-corrected chi connectivity index (χ3v) is 3.41. The van der Waals surface area contributed by atoms with E-state index in [4.69, 9.17) is 0 Å². The lowest BCUT2D eigenvalue weighted by Crippen LogP contribution is -2.22. The minimum atomic E-state index is -0.386. The molecule has 0 bridgehead atoms. The third-order valence-electron chi connectivity index (χ3n) is 3.41. The molecule has 0 amide bonds. The molecule has 0 saturated carbocycles. The molecule has 6 heteroatoms. The lowest BCUT2D eigenvalue weighted by Gasteiger charge is -2.11. The van der Waals surface area contributed by atoms with Gasteiger partial charge in [0.2, 0.25) is 0 Å². The van der Waals surface area contributed by atoms with Gasteiger partial charge in [0.05, 0.1) is 17.8 Å². The molecule has 100 valence electrons. The lowest BCUT2D eigenvalue weighted by atomic mass is 10.2. The molecule has 3 rings (SSSR count). The summed E-state index contributed by atoms with van der Waals surface area (Å²) in [6, 6.07) is 7.59. The molecular formula is C13H16N4O2. The number of hydrogen-bond donors (Lipinski definition) is 3. The van der Waals surface area contributed by atoms with E-state index in [1.165, 1.54) is 0 Å². The maximum atomic E-state index is 11.9. The Morgan fingerprint density at radius 3 is 2.74 bits per heavy atom. The van der Waals surface area contributed by atoms with Gasteiger partial charge < -0.3 is 10.4 Å². The smallest absolute Gasteiger partial charge is 0.347 e. The van der Waals surface area contributed by atoms with Gasteiger partial charge in [-0.1, -0.05) is 17.7 Å². The van der Waals surface area contributed by atoms with Crippen LogP contribution in [0, 0.1) is 6.92 Å². The molecule has 0 radical (unpaired) electrons. The first-order valence-electron chi connectivity index (χ1n) is 6.31. The van der Waals surface area contributed by atoms with Gasteiger partial charge in [0, 0.05) is 6.54 Å². The number of aliphatic hydroxyl groups is 1. The summed E-state index contributed by atoms with van der Waals surface area (Å²) in [4.78, 5) is 11.9. The summed E-state index contributed by atoms with van der Waals surface area (Å²) in [7, 11) is 0. The number of H-pyrrole nitrogens is 1. The molecule has 0 aliphatic carbocycles. The molecule has 1 fully saturated rings. The van der Waals surface area contributed by atoms with Crippen molar-refractivity contribution in [3.63, 3.8) is 0 Å². The zero-order chi connectivity index (χ0) is 13.4. The molecule has 2 aromatic rings. The Morgan fingerprint density at radius 2 is 2.11 bits per heavy atom. The topological polar surface area (TPSA) is 82.9 Å². The van der Waals surface area contributed by atoms with Crippen LogP contribution in [0.3, 0.4) is 0 Å². The average Bonchev–Trinajstić information content (AvgIpc) is 2.97. The molecule has 2 atom stereocenters. The maximum absolute atomic E-state index is 11.9. The Balaban J connectivity index is 2.03. The van der Waals surface area contributed by atoms with Crippen molar-refractivity contribution >= 4 is 0 Å². The Bertz CT molecular complexity index is 629. The van der Waals surface area contributed by atoms with Crippen LogP contribution in [-0.2, 0) is 0 Å². The van der Waals surface area contributed by atoms with Crippen molar-refractivity contribution in [3.05, 3.63) is 46.1 Å². The molecule has 1 aromatic heterocycles.